The van der Waals surface area contributed by atoms with E-state index >= 15 is 0 Å². The number of hydrogen-bond acceptors (Lipinski definition) is 6. The quantitative estimate of drug-likeness (QED) is 0.564. The average molecular weight is 378 g/mol. The van der Waals surface area contributed by atoms with Crippen molar-refractivity contribution in [3.05, 3.63) is 41.7 Å². The van der Waals surface area contributed by atoms with Crippen molar-refractivity contribution < 1.29 is 4.79 Å². The van der Waals surface area contributed by atoms with Gasteiger partial charge in [0.2, 0.25) is 5.95 Å². The highest BCUT2D eigenvalue weighted by Crippen LogP contribution is 2.28. The Bertz CT molecular complexity index is 1160. The smallest absolute Gasteiger partial charge is 0.258 e. The Morgan fingerprint density at radius 1 is 1.26 bits per heavy atom. The van der Waals surface area contributed by atoms with Gasteiger partial charge in [-0.1, -0.05) is 6.07 Å². The Balaban J connectivity index is 1.46. The molecule has 2 N–H and O–H groups in total. The summed E-state index contributed by atoms with van der Waals surface area (Å²) < 4.78 is 2.83. The third kappa shape index (κ3) is 2.82. The second kappa shape index (κ2) is 6.31. The van der Waals surface area contributed by atoms with Gasteiger partial charge in [-0.05, 0) is 31.4 Å². The number of aromatic nitrogens is 4. The van der Waals surface area contributed by atoms with Crippen LogP contribution in [0.4, 0.5) is 11.6 Å². The normalized spacial score (nSPS) is 14.4. The third-order valence-electron chi connectivity index (χ3n) is 5.00. The molecule has 1 amide bonds. The lowest BCUT2D eigenvalue weighted by Crippen LogP contribution is -2.28. The Morgan fingerprint density at radius 2 is 2.15 bits per heavy atom. The molecule has 3 heterocycles. The molecule has 27 heavy (non-hydrogen) atoms. The first-order chi connectivity index (χ1) is 13.2. The molecule has 0 unspecified atom stereocenters. The number of amides is 1. The van der Waals surface area contributed by atoms with Crippen LogP contribution in [-0.4, -0.2) is 31.5 Å². The number of nitrogens with zero attached hydrogens (tertiary/aromatic N) is 4. The van der Waals surface area contributed by atoms with E-state index in [-0.39, 0.29) is 5.91 Å². The van der Waals surface area contributed by atoms with E-state index in [1.54, 1.807) is 12.5 Å². The minimum absolute atomic E-state index is 0.187. The van der Waals surface area contributed by atoms with Crippen molar-refractivity contribution in [2.75, 3.05) is 10.6 Å². The number of para-hydroxylation sites is 1. The third-order valence-corrected chi connectivity index (χ3v) is 5.91. The monoisotopic (exact) mass is 378 g/mol. The molecule has 1 fully saturated rings. The van der Waals surface area contributed by atoms with Crippen molar-refractivity contribution in [1.82, 2.24) is 19.5 Å². The summed E-state index contributed by atoms with van der Waals surface area (Å²) in [6.45, 7) is 0. The molecule has 8 heteroatoms. The second-order valence-electron chi connectivity index (χ2n) is 6.81. The van der Waals surface area contributed by atoms with Gasteiger partial charge in [-0.2, -0.15) is 0 Å². The number of thiophene rings is 1. The van der Waals surface area contributed by atoms with E-state index in [0.717, 1.165) is 28.6 Å². The van der Waals surface area contributed by atoms with Crippen molar-refractivity contribution in [3.63, 3.8) is 0 Å². The predicted octanol–water partition coefficient (Wildman–Crippen LogP) is 3.79. The largest absolute Gasteiger partial charge is 0.351 e. The molecule has 1 aliphatic rings. The lowest BCUT2D eigenvalue weighted by Gasteiger charge is -2.26. The van der Waals surface area contributed by atoms with Crippen LogP contribution in [0.15, 0.2) is 36.1 Å². The summed E-state index contributed by atoms with van der Waals surface area (Å²) in [5.74, 6) is 0.402. The van der Waals surface area contributed by atoms with Crippen molar-refractivity contribution in [2.45, 2.75) is 25.3 Å². The van der Waals surface area contributed by atoms with E-state index in [4.69, 9.17) is 0 Å². The van der Waals surface area contributed by atoms with Crippen LogP contribution in [-0.2, 0) is 7.05 Å². The molecule has 0 atom stereocenters. The molecule has 3 aromatic heterocycles. The summed E-state index contributed by atoms with van der Waals surface area (Å²) in [6, 6.07) is 6.19. The molecular formula is C19H18N6OS. The van der Waals surface area contributed by atoms with Crippen molar-refractivity contribution in [1.29, 1.82) is 0 Å². The first-order valence-electron chi connectivity index (χ1n) is 8.91. The molecule has 1 saturated carbocycles. The average Bonchev–Trinajstić information content (AvgIpc) is 3.22. The van der Waals surface area contributed by atoms with Crippen molar-refractivity contribution >= 4 is 50.1 Å². The van der Waals surface area contributed by atoms with E-state index in [0.29, 0.717) is 28.8 Å². The minimum atomic E-state index is -0.187. The number of imidazole rings is 1. The van der Waals surface area contributed by atoms with Gasteiger partial charge >= 0.3 is 0 Å². The molecular weight excluding hydrogens is 360 g/mol. The zero-order chi connectivity index (χ0) is 18.4. The Labute approximate surface area is 159 Å². The molecule has 7 nitrogen and oxygen atoms in total. The van der Waals surface area contributed by atoms with Crippen LogP contribution in [0.1, 0.15) is 29.6 Å². The number of anilines is 2. The minimum Gasteiger partial charge on any atom is -0.351 e. The maximum atomic E-state index is 12.9. The van der Waals surface area contributed by atoms with Gasteiger partial charge in [0.15, 0.2) is 0 Å². The standard InChI is InChI=1S/C19H18N6OS/c1-25-10-21-17-13(6-3-7-14(17)25)23-18(26)12-9-27-15-8-20-19(24-16(12)15)22-11-4-2-5-11/h3,6-11H,2,4-5H2,1H3,(H,23,26)(H,20,22,24). The van der Waals surface area contributed by atoms with Gasteiger partial charge in [0.25, 0.3) is 5.91 Å². The lowest BCUT2D eigenvalue weighted by molar-refractivity contribution is 0.102. The van der Waals surface area contributed by atoms with Crippen molar-refractivity contribution in [3.8, 4) is 0 Å². The number of benzene rings is 1. The number of aryl methyl sites for hydroxylation is 1. The maximum absolute atomic E-state index is 12.9. The number of nitrogens with one attached hydrogen (secondary N) is 2. The van der Waals surface area contributed by atoms with Crippen LogP contribution in [0.5, 0.6) is 0 Å². The summed E-state index contributed by atoms with van der Waals surface area (Å²) in [5, 5.41) is 8.16. The molecule has 0 aliphatic heterocycles. The van der Waals surface area contributed by atoms with Crippen LogP contribution in [0.2, 0.25) is 0 Å². The number of carbonyl (C=O) groups is 1. The molecule has 4 aromatic rings. The number of carbonyl (C=O) groups excluding carboxylic acids is 1. The Hall–Kier alpha value is -3.00. The Morgan fingerprint density at radius 3 is 2.96 bits per heavy atom. The second-order valence-corrected chi connectivity index (χ2v) is 7.72. The van der Waals surface area contributed by atoms with Gasteiger partial charge in [0.05, 0.1) is 39.5 Å². The fourth-order valence-corrected chi connectivity index (χ4v) is 4.09. The molecule has 1 aliphatic carbocycles. The summed E-state index contributed by atoms with van der Waals surface area (Å²) in [7, 11) is 1.93. The van der Waals surface area contributed by atoms with E-state index < -0.39 is 0 Å². The van der Waals surface area contributed by atoms with E-state index in [1.165, 1.54) is 17.8 Å². The van der Waals surface area contributed by atoms with Crippen LogP contribution >= 0.6 is 11.3 Å². The zero-order valence-corrected chi connectivity index (χ0v) is 15.6. The summed E-state index contributed by atoms with van der Waals surface area (Å²) in [4.78, 5) is 26.3. The van der Waals surface area contributed by atoms with Gasteiger partial charge in [-0.15, -0.1) is 11.3 Å². The van der Waals surface area contributed by atoms with Gasteiger partial charge < -0.3 is 15.2 Å². The summed E-state index contributed by atoms with van der Waals surface area (Å²) in [6.07, 6.45) is 7.06. The fraction of sp³-hybridized carbons (Fsp3) is 0.263. The Kier molecular flexibility index (Phi) is 3.78. The molecule has 0 bridgehead atoms. The van der Waals surface area contributed by atoms with Crippen LogP contribution in [0.3, 0.4) is 0 Å². The first kappa shape index (κ1) is 16.2. The van der Waals surface area contributed by atoms with Gasteiger partial charge in [-0.25, -0.2) is 15.0 Å². The highest BCUT2D eigenvalue weighted by atomic mass is 32.1. The first-order valence-corrected chi connectivity index (χ1v) is 9.79. The van der Waals surface area contributed by atoms with Crippen LogP contribution in [0.25, 0.3) is 21.3 Å². The molecule has 136 valence electrons. The number of fused-ring (bicyclic) bond motifs is 2. The zero-order valence-electron chi connectivity index (χ0n) is 14.8. The number of hydrogen-bond donors (Lipinski definition) is 2. The maximum Gasteiger partial charge on any atom is 0.258 e. The summed E-state index contributed by atoms with van der Waals surface area (Å²) >= 11 is 1.47. The SMILES string of the molecule is Cn1cnc2c(NC(=O)c3csc4cnc(NC5CCC5)nc34)cccc21. The highest BCUT2D eigenvalue weighted by Gasteiger charge is 2.20. The fourth-order valence-electron chi connectivity index (χ4n) is 3.24. The van der Waals surface area contributed by atoms with Crippen LogP contribution in [0, 0.1) is 0 Å². The molecule has 0 radical (unpaired) electrons. The molecule has 0 spiro atoms. The molecule has 5 rings (SSSR count). The molecule has 1 aromatic carbocycles. The van der Waals surface area contributed by atoms with E-state index in [1.807, 2.05) is 35.2 Å². The van der Waals surface area contributed by atoms with Gasteiger partial charge in [0.1, 0.15) is 5.52 Å². The molecule has 0 saturated heterocycles. The summed E-state index contributed by atoms with van der Waals surface area (Å²) in [5.41, 5.74) is 3.68. The van der Waals surface area contributed by atoms with Gasteiger partial charge in [-0.3, -0.25) is 4.79 Å². The van der Waals surface area contributed by atoms with Crippen molar-refractivity contribution in [2.24, 2.45) is 7.05 Å². The van der Waals surface area contributed by atoms with E-state index in [9.17, 15) is 4.79 Å². The van der Waals surface area contributed by atoms with Gasteiger partial charge in [0, 0.05) is 18.5 Å². The topological polar surface area (TPSA) is 84.7 Å². The lowest BCUT2D eigenvalue weighted by atomic mass is 9.93. The van der Waals surface area contributed by atoms with E-state index in [2.05, 4.69) is 25.6 Å². The number of rotatable bonds is 4. The van der Waals surface area contributed by atoms with Crippen LogP contribution < -0.4 is 10.6 Å². The predicted molar refractivity (Wildman–Crippen MR) is 107 cm³/mol. The highest BCUT2D eigenvalue weighted by molar-refractivity contribution is 7.17.